The Morgan fingerprint density at radius 2 is 2.00 bits per heavy atom. The van der Waals surface area contributed by atoms with E-state index in [1.54, 1.807) is 0 Å². The highest BCUT2D eigenvalue weighted by molar-refractivity contribution is 5.76. The first-order chi connectivity index (χ1) is 10.7. The third-order valence-corrected chi connectivity index (χ3v) is 5.97. The van der Waals surface area contributed by atoms with E-state index in [1.165, 1.54) is 25.7 Å². The summed E-state index contributed by atoms with van der Waals surface area (Å²) in [6.45, 7) is 1.60. The Kier molecular flexibility index (Phi) is 3.54. The summed E-state index contributed by atoms with van der Waals surface area (Å²) in [6, 6.07) is 0.129. The van der Waals surface area contributed by atoms with E-state index in [4.69, 9.17) is 10.2 Å². The predicted octanol–water partition coefficient (Wildman–Crippen LogP) is 2.18. The molecule has 1 saturated heterocycles. The molecule has 4 rings (SSSR count). The molecule has 120 valence electrons. The van der Waals surface area contributed by atoms with Gasteiger partial charge >= 0.3 is 6.01 Å². The van der Waals surface area contributed by atoms with Crippen molar-refractivity contribution in [1.82, 2.24) is 15.1 Å². The molecule has 2 saturated carbocycles. The molecule has 1 aliphatic heterocycles. The van der Waals surface area contributed by atoms with Gasteiger partial charge in [-0.25, -0.2) is 0 Å². The van der Waals surface area contributed by atoms with E-state index in [9.17, 15) is 4.79 Å². The van der Waals surface area contributed by atoms with Crippen molar-refractivity contribution in [1.29, 1.82) is 0 Å². The van der Waals surface area contributed by atoms with Gasteiger partial charge in [-0.1, -0.05) is 11.5 Å². The Bertz CT molecular complexity index is 550. The van der Waals surface area contributed by atoms with Crippen LogP contribution < -0.4 is 5.73 Å². The van der Waals surface area contributed by atoms with Crippen LogP contribution in [0.15, 0.2) is 4.42 Å². The highest BCUT2D eigenvalue weighted by atomic mass is 16.4. The van der Waals surface area contributed by atoms with E-state index in [1.807, 2.05) is 4.90 Å². The van der Waals surface area contributed by atoms with E-state index in [2.05, 4.69) is 10.2 Å². The Labute approximate surface area is 130 Å². The van der Waals surface area contributed by atoms with Crippen molar-refractivity contribution in [3.8, 4) is 0 Å². The quantitative estimate of drug-likeness (QED) is 0.925. The van der Waals surface area contributed by atoms with Crippen molar-refractivity contribution in [2.24, 2.45) is 17.8 Å². The summed E-state index contributed by atoms with van der Waals surface area (Å²) in [5.41, 5.74) is 5.48. The Hall–Kier alpha value is -1.59. The van der Waals surface area contributed by atoms with Crippen LogP contribution in [-0.4, -0.2) is 34.1 Å². The van der Waals surface area contributed by atoms with Gasteiger partial charge < -0.3 is 15.1 Å². The molecule has 2 bridgehead atoms. The van der Waals surface area contributed by atoms with E-state index >= 15 is 0 Å². The SMILES string of the molecule is Nc1nnc(C2CCN(C(=O)CC3CC4CCC3C4)CC2)o1. The highest BCUT2D eigenvalue weighted by Crippen LogP contribution is 2.49. The molecule has 3 fully saturated rings. The van der Waals surface area contributed by atoms with E-state index in [0.29, 0.717) is 17.7 Å². The van der Waals surface area contributed by atoms with Crippen LogP contribution >= 0.6 is 0 Å². The van der Waals surface area contributed by atoms with Crippen molar-refractivity contribution in [2.75, 3.05) is 18.8 Å². The highest BCUT2D eigenvalue weighted by Gasteiger charge is 2.41. The average molecular weight is 304 g/mol. The molecule has 0 radical (unpaired) electrons. The van der Waals surface area contributed by atoms with Crippen molar-refractivity contribution in [3.63, 3.8) is 0 Å². The molecule has 2 aliphatic carbocycles. The van der Waals surface area contributed by atoms with Gasteiger partial charge in [0.05, 0.1) is 0 Å². The number of hydrogen-bond acceptors (Lipinski definition) is 5. The Morgan fingerprint density at radius 3 is 2.59 bits per heavy atom. The second kappa shape index (κ2) is 5.56. The minimum Gasteiger partial charge on any atom is -0.408 e. The van der Waals surface area contributed by atoms with Crippen molar-refractivity contribution in [2.45, 2.75) is 50.9 Å². The van der Waals surface area contributed by atoms with Gasteiger partial charge in [0.15, 0.2) is 0 Å². The monoisotopic (exact) mass is 304 g/mol. The lowest BCUT2D eigenvalue weighted by molar-refractivity contribution is -0.133. The van der Waals surface area contributed by atoms with Gasteiger partial charge in [0, 0.05) is 25.4 Å². The van der Waals surface area contributed by atoms with Gasteiger partial charge in [-0.2, -0.15) is 0 Å². The molecule has 3 aliphatic rings. The molecule has 1 aromatic rings. The van der Waals surface area contributed by atoms with Gasteiger partial charge in [0.25, 0.3) is 0 Å². The molecule has 2 heterocycles. The van der Waals surface area contributed by atoms with Crippen LogP contribution in [-0.2, 0) is 4.79 Å². The molecular weight excluding hydrogens is 280 g/mol. The summed E-state index contributed by atoms with van der Waals surface area (Å²) in [5.74, 6) is 3.61. The zero-order valence-electron chi connectivity index (χ0n) is 12.9. The van der Waals surface area contributed by atoms with Crippen LogP contribution in [0.5, 0.6) is 0 Å². The second-order valence-corrected chi connectivity index (χ2v) is 7.27. The van der Waals surface area contributed by atoms with Gasteiger partial charge in [-0.3, -0.25) is 4.79 Å². The van der Waals surface area contributed by atoms with Gasteiger partial charge in [0.2, 0.25) is 11.8 Å². The lowest BCUT2D eigenvalue weighted by Gasteiger charge is -2.32. The smallest absolute Gasteiger partial charge is 0.312 e. The van der Waals surface area contributed by atoms with Gasteiger partial charge in [0.1, 0.15) is 0 Å². The number of fused-ring (bicyclic) bond motifs is 2. The maximum Gasteiger partial charge on any atom is 0.312 e. The van der Waals surface area contributed by atoms with Crippen LogP contribution in [0.2, 0.25) is 0 Å². The average Bonchev–Trinajstić information content (AvgIpc) is 3.24. The van der Waals surface area contributed by atoms with E-state index in [0.717, 1.165) is 44.2 Å². The fourth-order valence-corrected chi connectivity index (χ4v) is 4.77. The van der Waals surface area contributed by atoms with E-state index in [-0.39, 0.29) is 11.9 Å². The molecule has 2 N–H and O–H groups in total. The van der Waals surface area contributed by atoms with Crippen LogP contribution in [0.3, 0.4) is 0 Å². The number of carbonyl (C=O) groups excluding carboxylic acids is 1. The molecule has 6 heteroatoms. The maximum atomic E-state index is 12.5. The third kappa shape index (κ3) is 2.59. The largest absolute Gasteiger partial charge is 0.408 e. The topological polar surface area (TPSA) is 85.2 Å². The van der Waals surface area contributed by atoms with Crippen LogP contribution in [0, 0.1) is 17.8 Å². The maximum absolute atomic E-state index is 12.5. The molecule has 1 amide bonds. The number of nitrogen functional groups attached to an aromatic ring is 1. The van der Waals surface area contributed by atoms with Crippen LogP contribution in [0.1, 0.15) is 56.8 Å². The first-order valence-electron chi connectivity index (χ1n) is 8.55. The lowest BCUT2D eigenvalue weighted by Crippen LogP contribution is -2.39. The lowest BCUT2D eigenvalue weighted by atomic mass is 9.86. The van der Waals surface area contributed by atoms with E-state index < -0.39 is 0 Å². The predicted molar refractivity (Wildman–Crippen MR) is 80.8 cm³/mol. The first kappa shape index (κ1) is 14.0. The number of rotatable bonds is 3. The number of nitrogens with zero attached hydrogens (tertiary/aromatic N) is 3. The van der Waals surface area contributed by atoms with Crippen LogP contribution in [0.25, 0.3) is 0 Å². The zero-order valence-corrected chi connectivity index (χ0v) is 12.9. The molecule has 0 aromatic carbocycles. The zero-order chi connectivity index (χ0) is 15.1. The van der Waals surface area contributed by atoms with Gasteiger partial charge in [-0.05, 0) is 49.9 Å². The summed E-state index contributed by atoms with van der Waals surface area (Å²) in [4.78, 5) is 14.6. The van der Waals surface area contributed by atoms with Gasteiger partial charge in [-0.15, -0.1) is 5.10 Å². The normalized spacial score (nSPS) is 31.8. The number of anilines is 1. The molecular formula is C16H24N4O2. The summed E-state index contributed by atoms with van der Waals surface area (Å²) in [6.07, 6.45) is 7.96. The fraction of sp³-hybridized carbons (Fsp3) is 0.812. The molecule has 1 aromatic heterocycles. The molecule has 22 heavy (non-hydrogen) atoms. The van der Waals surface area contributed by atoms with Crippen molar-refractivity contribution < 1.29 is 9.21 Å². The number of likely N-dealkylation sites (tertiary alicyclic amines) is 1. The number of amides is 1. The molecule has 6 nitrogen and oxygen atoms in total. The number of nitrogens with two attached hydrogens (primary N) is 1. The second-order valence-electron chi connectivity index (χ2n) is 7.27. The number of aromatic nitrogens is 2. The summed E-state index contributed by atoms with van der Waals surface area (Å²) >= 11 is 0. The Balaban J connectivity index is 1.29. The number of hydrogen-bond donors (Lipinski definition) is 1. The summed E-state index contributed by atoms with van der Waals surface area (Å²) < 4.78 is 5.31. The number of piperidine rings is 1. The molecule has 3 unspecified atom stereocenters. The number of carbonyl (C=O) groups is 1. The minimum absolute atomic E-state index is 0.129. The summed E-state index contributed by atoms with van der Waals surface area (Å²) in [5, 5.41) is 7.69. The minimum atomic E-state index is 0.129. The van der Waals surface area contributed by atoms with Crippen molar-refractivity contribution >= 4 is 11.9 Å². The fourth-order valence-electron chi connectivity index (χ4n) is 4.77. The standard InChI is InChI=1S/C16H24N4O2/c17-16-19-18-15(22-16)11-3-5-20(6-4-11)14(21)9-13-8-10-1-2-12(13)7-10/h10-13H,1-9H2,(H2,17,19). The third-order valence-electron chi connectivity index (χ3n) is 5.97. The van der Waals surface area contributed by atoms with Crippen molar-refractivity contribution in [3.05, 3.63) is 5.89 Å². The Morgan fingerprint density at radius 1 is 1.18 bits per heavy atom. The molecule has 3 atom stereocenters. The van der Waals surface area contributed by atoms with Crippen LogP contribution in [0.4, 0.5) is 6.01 Å². The summed E-state index contributed by atoms with van der Waals surface area (Å²) in [7, 11) is 0. The molecule has 0 spiro atoms. The first-order valence-corrected chi connectivity index (χ1v) is 8.55.